The smallest absolute Gasteiger partial charge is 0.0685 e. The maximum atomic E-state index is 6.16. The van der Waals surface area contributed by atoms with Gasteiger partial charge in [0.25, 0.3) is 0 Å². The van der Waals surface area contributed by atoms with Crippen LogP contribution in [0, 0.1) is 5.92 Å². The molecule has 0 aromatic carbocycles. The molecule has 1 aromatic heterocycles. The first-order chi connectivity index (χ1) is 9.81. The summed E-state index contributed by atoms with van der Waals surface area (Å²) in [6, 6.07) is 4.82. The summed E-state index contributed by atoms with van der Waals surface area (Å²) in [7, 11) is 2.10. The first-order valence-corrected chi connectivity index (χ1v) is 8.01. The summed E-state index contributed by atoms with van der Waals surface area (Å²) >= 11 is 0. The highest BCUT2D eigenvalue weighted by atomic mass is 16.5. The molecule has 1 aliphatic heterocycles. The van der Waals surface area contributed by atoms with Gasteiger partial charge in [-0.15, -0.1) is 0 Å². The quantitative estimate of drug-likeness (QED) is 0.916. The summed E-state index contributed by atoms with van der Waals surface area (Å²) in [5, 5.41) is 3.55. The van der Waals surface area contributed by atoms with Gasteiger partial charge in [0.15, 0.2) is 0 Å². The van der Waals surface area contributed by atoms with E-state index in [0.717, 1.165) is 18.9 Å². The second kappa shape index (κ2) is 6.23. The van der Waals surface area contributed by atoms with Crippen LogP contribution >= 0.6 is 0 Å². The second-order valence-corrected chi connectivity index (χ2v) is 6.45. The van der Waals surface area contributed by atoms with E-state index in [4.69, 9.17) is 4.74 Å². The van der Waals surface area contributed by atoms with Gasteiger partial charge in [0.2, 0.25) is 0 Å². The molecule has 1 spiro atoms. The van der Waals surface area contributed by atoms with Crippen molar-refractivity contribution in [1.82, 2.24) is 10.3 Å². The van der Waals surface area contributed by atoms with E-state index in [1.54, 1.807) is 0 Å². The fourth-order valence-corrected chi connectivity index (χ4v) is 4.05. The third-order valence-corrected chi connectivity index (χ3v) is 5.19. The summed E-state index contributed by atoms with van der Waals surface area (Å²) in [6.45, 7) is 0.944. The van der Waals surface area contributed by atoms with Crippen LogP contribution in [-0.4, -0.2) is 30.3 Å². The maximum absolute atomic E-state index is 6.16. The van der Waals surface area contributed by atoms with Crippen LogP contribution in [0.25, 0.3) is 0 Å². The van der Waals surface area contributed by atoms with Gasteiger partial charge in [-0.25, -0.2) is 0 Å². The molecule has 2 heterocycles. The van der Waals surface area contributed by atoms with E-state index in [1.165, 1.54) is 44.1 Å². The maximum Gasteiger partial charge on any atom is 0.0685 e. The second-order valence-electron chi connectivity index (χ2n) is 6.45. The third-order valence-electron chi connectivity index (χ3n) is 5.19. The van der Waals surface area contributed by atoms with Crippen molar-refractivity contribution in [3.8, 4) is 0 Å². The Balaban J connectivity index is 1.66. The molecule has 2 aliphatic rings. The van der Waals surface area contributed by atoms with E-state index in [-0.39, 0.29) is 5.60 Å². The van der Waals surface area contributed by atoms with Gasteiger partial charge >= 0.3 is 0 Å². The highest BCUT2D eigenvalue weighted by molar-refractivity contribution is 5.12. The van der Waals surface area contributed by atoms with E-state index < -0.39 is 0 Å². The Bertz CT molecular complexity index is 414. The first kappa shape index (κ1) is 14.0. The largest absolute Gasteiger partial charge is 0.375 e. The predicted octanol–water partition coefficient (Wildman–Crippen LogP) is 2.95. The van der Waals surface area contributed by atoms with Crippen LogP contribution in [0.15, 0.2) is 24.5 Å². The number of aromatic nitrogens is 1. The standard InChI is InChI=1S/C17H26N2O/c1-18-16(12-14-4-9-19-10-5-14)15-6-11-20-17(13-15)7-2-3-8-17/h4-5,9-10,15-16,18H,2-3,6-8,11-13H2,1H3. The van der Waals surface area contributed by atoms with E-state index >= 15 is 0 Å². The monoisotopic (exact) mass is 274 g/mol. The Morgan fingerprint density at radius 3 is 2.80 bits per heavy atom. The number of pyridine rings is 1. The minimum Gasteiger partial charge on any atom is -0.375 e. The van der Waals surface area contributed by atoms with Crippen molar-refractivity contribution in [3.63, 3.8) is 0 Å². The number of hydrogen-bond acceptors (Lipinski definition) is 3. The average Bonchev–Trinajstić information content (AvgIpc) is 2.93. The Morgan fingerprint density at radius 2 is 2.10 bits per heavy atom. The van der Waals surface area contributed by atoms with Crippen molar-refractivity contribution in [2.75, 3.05) is 13.7 Å². The van der Waals surface area contributed by atoms with Gasteiger partial charge in [-0.05, 0) is 62.8 Å². The van der Waals surface area contributed by atoms with Gasteiger partial charge in [-0.1, -0.05) is 12.8 Å². The SMILES string of the molecule is CNC(Cc1ccncc1)C1CCOC2(CCCC2)C1. The molecule has 3 rings (SSSR count). The number of nitrogens with zero attached hydrogens (tertiary/aromatic N) is 1. The summed E-state index contributed by atoms with van der Waals surface area (Å²) < 4.78 is 6.16. The molecule has 3 heteroatoms. The minimum absolute atomic E-state index is 0.219. The van der Waals surface area contributed by atoms with Crippen molar-refractivity contribution < 1.29 is 4.74 Å². The highest BCUT2D eigenvalue weighted by Crippen LogP contribution is 2.43. The molecule has 1 aliphatic carbocycles. The molecule has 110 valence electrons. The Kier molecular flexibility index (Phi) is 4.37. The van der Waals surface area contributed by atoms with Gasteiger partial charge < -0.3 is 10.1 Å². The first-order valence-electron chi connectivity index (χ1n) is 8.01. The van der Waals surface area contributed by atoms with E-state index in [1.807, 2.05) is 12.4 Å². The number of ether oxygens (including phenoxy) is 1. The van der Waals surface area contributed by atoms with Gasteiger partial charge in [0.1, 0.15) is 0 Å². The molecule has 0 radical (unpaired) electrons. The third kappa shape index (κ3) is 3.04. The van der Waals surface area contributed by atoms with Crippen LogP contribution in [0.1, 0.15) is 44.1 Å². The van der Waals surface area contributed by atoms with Gasteiger partial charge in [0, 0.05) is 25.0 Å². The molecule has 2 atom stereocenters. The lowest BCUT2D eigenvalue weighted by molar-refractivity contribution is -0.0975. The van der Waals surface area contributed by atoms with Crippen molar-refractivity contribution in [2.24, 2.45) is 5.92 Å². The van der Waals surface area contributed by atoms with Gasteiger partial charge in [-0.3, -0.25) is 4.98 Å². The molecule has 2 fully saturated rings. The molecule has 1 saturated heterocycles. The van der Waals surface area contributed by atoms with Crippen LogP contribution in [0.4, 0.5) is 0 Å². The van der Waals surface area contributed by atoms with E-state index in [9.17, 15) is 0 Å². The van der Waals surface area contributed by atoms with Crippen molar-refractivity contribution in [3.05, 3.63) is 30.1 Å². The Morgan fingerprint density at radius 1 is 1.35 bits per heavy atom. The van der Waals surface area contributed by atoms with Crippen molar-refractivity contribution in [2.45, 2.75) is 56.6 Å². The average molecular weight is 274 g/mol. The molecule has 0 amide bonds. The van der Waals surface area contributed by atoms with Crippen LogP contribution in [-0.2, 0) is 11.2 Å². The molecule has 1 aromatic rings. The molecule has 3 nitrogen and oxygen atoms in total. The molecule has 0 bridgehead atoms. The zero-order valence-electron chi connectivity index (χ0n) is 12.5. The van der Waals surface area contributed by atoms with Crippen molar-refractivity contribution >= 4 is 0 Å². The number of nitrogens with one attached hydrogen (secondary N) is 1. The van der Waals surface area contributed by atoms with E-state index in [2.05, 4.69) is 29.5 Å². The predicted molar refractivity (Wildman–Crippen MR) is 80.7 cm³/mol. The fraction of sp³-hybridized carbons (Fsp3) is 0.706. The molecule has 1 N–H and O–H groups in total. The lowest BCUT2D eigenvalue weighted by atomic mass is 9.79. The number of hydrogen-bond donors (Lipinski definition) is 1. The zero-order valence-corrected chi connectivity index (χ0v) is 12.5. The highest BCUT2D eigenvalue weighted by Gasteiger charge is 2.41. The zero-order chi connectivity index (χ0) is 13.8. The Labute approximate surface area is 122 Å². The molecule has 1 saturated carbocycles. The molecular formula is C17H26N2O. The molecule has 2 unspecified atom stereocenters. The van der Waals surface area contributed by atoms with Gasteiger partial charge in [0.05, 0.1) is 5.60 Å². The summed E-state index contributed by atoms with van der Waals surface area (Å²) in [5.74, 6) is 0.736. The van der Waals surface area contributed by atoms with Crippen molar-refractivity contribution in [1.29, 1.82) is 0 Å². The normalized spacial score (nSPS) is 26.8. The van der Waals surface area contributed by atoms with Crippen LogP contribution in [0.2, 0.25) is 0 Å². The Hall–Kier alpha value is -0.930. The van der Waals surface area contributed by atoms with Crippen LogP contribution < -0.4 is 5.32 Å². The summed E-state index contributed by atoms with van der Waals surface area (Å²) in [5.41, 5.74) is 1.60. The summed E-state index contributed by atoms with van der Waals surface area (Å²) in [6.07, 6.45) is 12.6. The number of likely N-dealkylation sites (N-methyl/N-ethyl adjacent to an activating group) is 1. The van der Waals surface area contributed by atoms with E-state index in [0.29, 0.717) is 6.04 Å². The topological polar surface area (TPSA) is 34.2 Å². The molecular weight excluding hydrogens is 248 g/mol. The number of rotatable bonds is 4. The molecule has 20 heavy (non-hydrogen) atoms. The van der Waals surface area contributed by atoms with Crippen LogP contribution in [0.3, 0.4) is 0 Å². The lowest BCUT2D eigenvalue weighted by Crippen LogP contribution is -2.45. The summed E-state index contributed by atoms with van der Waals surface area (Å²) in [4.78, 5) is 4.11. The van der Waals surface area contributed by atoms with Crippen LogP contribution in [0.5, 0.6) is 0 Å². The van der Waals surface area contributed by atoms with Gasteiger partial charge in [-0.2, -0.15) is 0 Å². The fourth-order valence-electron chi connectivity index (χ4n) is 4.05. The lowest BCUT2D eigenvalue weighted by Gasteiger charge is -2.41. The minimum atomic E-state index is 0.219.